The largest absolute Gasteiger partial charge is 0.333 e. The fourth-order valence-electron chi connectivity index (χ4n) is 3.25. The molecule has 0 aliphatic carbocycles. The van der Waals surface area contributed by atoms with Gasteiger partial charge in [0.05, 0.1) is 22.9 Å². The first kappa shape index (κ1) is 17.5. The Morgan fingerprint density at radius 1 is 1.00 bits per heavy atom. The van der Waals surface area contributed by atoms with Crippen LogP contribution in [0.4, 0.5) is 5.69 Å². The molecule has 2 aromatic carbocycles. The van der Waals surface area contributed by atoms with E-state index in [4.69, 9.17) is 21.1 Å². The van der Waals surface area contributed by atoms with E-state index >= 15 is 0 Å². The lowest BCUT2D eigenvalue weighted by atomic mass is 10.1. The van der Waals surface area contributed by atoms with Gasteiger partial charge < -0.3 is 9.47 Å². The van der Waals surface area contributed by atoms with Crippen LogP contribution in [0.15, 0.2) is 53.4 Å². The number of benzene rings is 2. The predicted molar refractivity (Wildman–Crippen MR) is 95.3 cm³/mol. The normalized spacial score (nSPS) is 28.0. The van der Waals surface area contributed by atoms with Gasteiger partial charge in [0.15, 0.2) is 0 Å². The number of nitrogens with zero attached hydrogens (tertiary/aromatic N) is 1. The van der Waals surface area contributed by atoms with Crippen LogP contribution in [0.25, 0.3) is 0 Å². The maximum absolute atomic E-state index is 13.3. The minimum Gasteiger partial charge on any atom is -0.333 e. The zero-order valence-corrected chi connectivity index (χ0v) is 15.6. The number of rotatable bonds is 2. The highest BCUT2D eigenvalue weighted by Crippen LogP contribution is 2.50. The van der Waals surface area contributed by atoms with Crippen LogP contribution in [-0.4, -0.2) is 26.5 Å². The second-order valence-electron chi connectivity index (χ2n) is 6.28. The van der Waals surface area contributed by atoms with E-state index in [0.717, 1.165) is 4.31 Å². The molecule has 0 radical (unpaired) electrons. The number of amides is 1. The SMILES string of the molecule is C[C@@H]1OC2(O[C@@H]1C)C(=O)N(S(=O)(=O)c1ccccc1Cl)c1ccccc12. The number of fused-ring (bicyclic) bond motifs is 2. The topological polar surface area (TPSA) is 72.9 Å². The zero-order chi connectivity index (χ0) is 18.7. The molecule has 1 spiro atoms. The van der Waals surface area contributed by atoms with Crippen LogP contribution in [0.5, 0.6) is 0 Å². The first-order valence-corrected chi connectivity index (χ1v) is 9.90. The number of carbonyl (C=O) groups is 1. The summed E-state index contributed by atoms with van der Waals surface area (Å²) in [4.78, 5) is 13.1. The predicted octanol–water partition coefficient (Wildman–Crippen LogP) is 3.05. The molecule has 1 amide bonds. The van der Waals surface area contributed by atoms with Gasteiger partial charge in [0.2, 0.25) is 0 Å². The third kappa shape index (κ3) is 2.24. The van der Waals surface area contributed by atoms with Crippen molar-refractivity contribution >= 4 is 33.2 Å². The number of carbonyl (C=O) groups excluding carboxylic acids is 1. The summed E-state index contributed by atoms with van der Waals surface area (Å²) >= 11 is 6.08. The third-order valence-electron chi connectivity index (χ3n) is 4.66. The van der Waals surface area contributed by atoms with E-state index in [9.17, 15) is 13.2 Å². The molecule has 2 heterocycles. The Morgan fingerprint density at radius 3 is 2.23 bits per heavy atom. The summed E-state index contributed by atoms with van der Waals surface area (Å²) in [6.07, 6.45) is -0.732. The summed E-state index contributed by atoms with van der Waals surface area (Å²) in [7, 11) is -4.24. The number of sulfonamides is 1. The Hall–Kier alpha value is -1.93. The van der Waals surface area contributed by atoms with Crippen molar-refractivity contribution in [3.63, 3.8) is 0 Å². The third-order valence-corrected chi connectivity index (χ3v) is 6.86. The van der Waals surface area contributed by atoms with E-state index in [1.165, 1.54) is 12.1 Å². The van der Waals surface area contributed by atoms with Gasteiger partial charge in [-0.05, 0) is 32.0 Å². The number of hydrogen-bond donors (Lipinski definition) is 0. The van der Waals surface area contributed by atoms with Crippen molar-refractivity contribution in [1.82, 2.24) is 0 Å². The summed E-state index contributed by atoms with van der Waals surface area (Å²) in [5, 5.41) is 0.0359. The van der Waals surface area contributed by atoms with Gasteiger partial charge in [-0.15, -0.1) is 0 Å². The van der Waals surface area contributed by atoms with Crippen LogP contribution in [0.2, 0.25) is 5.02 Å². The Kier molecular flexibility index (Phi) is 3.89. The molecule has 8 heteroatoms. The Morgan fingerprint density at radius 2 is 1.58 bits per heavy atom. The fraction of sp³-hybridized carbons (Fsp3) is 0.278. The second-order valence-corrected chi connectivity index (χ2v) is 8.45. The van der Waals surface area contributed by atoms with Crippen LogP contribution in [0, 0.1) is 0 Å². The number of ether oxygens (including phenoxy) is 2. The molecule has 4 rings (SSSR count). The van der Waals surface area contributed by atoms with E-state index in [1.807, 2.05) is 0 Å². The molecule has 6 nitrogen and oxygen atoms in total. The van der Waals surface area contributed by atoms with E-state index in [0.29, 0.717) is 5.56 Å². The average molecular weight is 394 g/mol. The molecular weight excluding hydrogens is 378 g/mol. The Bertz CT molecular complexity index is 996. The van der Waals surface area contributed by atoms with Gasteiger partial charge >= 0.3 is 5.91 Å². The van der Waals surface area contributed by atoms with E-state index in [2.05, 4.69) is 0 Å². The van der Waals surface area contributed by atoms with Crippen LogP contribution < -0.4 is 4.31 Å². The van der Waals surface area contributed by atoms with Gasteiger partial charge in [-0.1, -0.05) is 41.9 Å². The van der Waals surface area contributed by atoms with Crippen LogP contribution in [0.3, 0.4) is 0 Å². The van der Waals surface area contributed by atoms with Gasteiger partial charge in [-0.2, -0.15) is 4.31 Å². The molecule has 0 N–H and O–H groups in total. The van der Waals surface area contributed by atoms with Crippen molar-refractivity contribution in [1.29, 1.82) is 0 Å². The second kappa shape index (κ2) is 5.79. The molecule has 0 saturated carbocycles. The quantitative estimate of drug-likeness (QED) is 0.784. The summed E-state index contributed by atoms with van der Waals surface area (Å²) in [5.74, 6) is -2.56. The van der Waals surface area contributed by atoms with Crippen LogP contribution >= 0.6 is 11.6 Å². The molecule has 136 valence electrons. The highest BCUT2D eigenvalue weighted by Gasteiger charge is 2.62. The van der Waals surface area contributed by atoms with Crippen LogP contribution in [0.1, 0.15) is 19.4 Å². The van der Waals surface area contributed by atoms with Gasteiger partial charge in [0.25, 0.3) is 15.8 Å². The van der Waals surface area contributed by atoms with Gasteiger partial charge in [-0.25, -0.2) is 8.42 Å². The maximum Gasteiger partial charge on any atom is 0.306 e. The number of hydrogen-bond acceptors (Lipinski definition) is 5. The summed E-state index contributed by atoms with van der Waals surface area (Å²) in [5.41, 5.74) is 0.579. The highest BCUT2D eigenvalue weighted by molar-refractivity contribution is 7.93. The molecule has 0 aromatic heterocycles. The highest BCUT2D eigenvalue weighted by atomic mass is 35.5. The van der Waals surface area contributed by atoms with Gasteiger partial charge in [0.1, 0.15) is 4.90 Å². The van der Waals surface area contributed by atoms with Crippen molar-refractivity contribution in [2.24, 2.45) is 0 Å². The maximum atomic E-state index is 13.3. The number of para-hydroxylation sites is 1. The van der Waals surface area contributed by atoms with E-state index in [1.54, 1.807) is 50.2 Å². The lowest BCUT2D eigenvalue weighted by Crippen LogP contribution is -2.44. The first-order chi connectivity index (χ1) is 12.3. The molecule has 1 fully saturated rings. The molecule has 0 bridgehead atoms. The summed E-state index contributed by atoms with van der Waals surface area (Å²) < 4.78 is 38.9. The Balaban J connectivity index is 1.92. The Labute approximate surface area is 156 Å². The molecule has 1 unspecified atom stereocenters. The number of anilines is 1. The van der Waals surface area contributed by atoms with Gasteiger partial charge in [-0.3, -0.25) is 4.79 Å². The minimum absolute atomic E-state index is 0.0359. The molecule has 3 atom stereocenters. The molecular formula is C18H16ClNO5S. The summed E-state index contributed by atoms with van der Waals surface area (Å²) in [6, 6.07) is 12.5. The minimum atomic E-state index is -4.24. The van der Waals surface area contributed by atoms with Crippen molar-refractivity contribution < 1.29 is 22.7 Å². The van der Waals surface area contributed by atoms with Crippen molar-refractivity contribution in [3.8, 4) is 0 Å². The number of halogens is 1. The van der Waals surface area contributed by atoms with Crippen molar-refractivity contribution in [2.75, 3.05) is 4.31 Å². The lowest BCUT2D eigenvalue weighted by molar-refractivity contribution is -0.188. The zero-order valence-electron chi connectivity index (χ0n) is 14.0. The average Bonchev–Trinajstić information content (AvgIpc) is 3.03. The smallest absolute Gasteiger partial charge is 0.306 e. The van der Waals surface area contributed by atoms with Gasteiger partial charge in [0, 0.05) is 5.56 Å². The van der Waals surface area contributed by atoms with Crippen LogP contribution in [-0.2, 0) is 30.1 Å². The molecule has 2 aliphatic heterocycles. The standard InChI is InChI=1S/C18H16ClNO5S/c1-11-12(2)25-18(24-11)13-7-3-5-9-15(13)20(17(18)21)26(22,23)16-10-6-4-8-14(16)19/h3-12H,1-2H3/t11-,12+,18?. The molecule has 2 aromatic rings. The first-order valence-electron chi connectivity index (χ1n) is 8.08. The monoisotopic (exact) mass is 393 g/mol. The molecule has 26 heavy (non-hydrogen) atoms. The molecule has 2 aliphatic rings. The van der Waals surface area contributed by atoms with Crippen molar-refractivity contribution in [3.05, 3.63) is 59.1 Å². The summed E-state index contributed by atoms with van der Waals surface area (Å²) in [6.45, 7) is 3.56. The molecule has 1 saturated heterocycles. The lowest BCUT2D eigenvalue weighted by Gasteiger charge is -2.23. The van der Waals surface area contributed by atoms with E-state index in [-0.39, 0.29) is 27.8 Å². The fourth-order valence-corrected chi connectivity index (χ4v) is 5.20. The van der Waals surface area contributed by atoms with Crippen molar-refractivity contribution in [2.45, 2.75) is 36.7 Å². The van der Waals surface area contributed by atoms with E-state index < -0.39 is 21.7 Å².